The molecule has 0 amide bonds. The lowest BCUT2D eigenvalue weighted by Gasteiger charge is -2.51. The topological polar surface area (TPSA) is 55.8 Å². The summed E-state index contributed by atoms with van der Waals surface area (Å²) in [6, 6.07) is 12.6. The fourth-order valence-corrected chi connectivity index (χ4v) is 6.30. The maximum atomic E-state index is 13.2. The van der Waals surface area contributed by atoms with E-state index in [1.807, 2.05) is 37.3 Å². The number of methoxy groups -OCH3 is 1. The van der Waals surface area contributed by atoms with E-state index < -0.39 is 0 Å². The van der Waals surface area contributed by atoms with Crippen molar-refractivity contribution in [1.29, 1.82) is 0 Å². The summed E-state index contributed by atoms with van der Waals surface area (Å²) in [7, 11) is 1.62. The van der Waals surface area contributed by atoms with Gasteiger partial charge < -0.3 is 14.6 Å². The van der Waals surface area contributed by atoms with Crippen LogP contribution in [0.2, 0.25) is 0 Å². The average Bonchev–Trinajstić information content (AvgIpc) is 2.83. The van der Waals surface area contributed by atoms with Gasteiger partial charge >= 0.3 is 0 Å². The summed E-state index contributed by atoms with van der Waals surface area (Å²) in [4.78, 5) is 13.2. The van der Waals surface area contributed by atoms with Crippen LogP contribution in [-0.4, -0.2) is 23.6 Å². The summed E-state index contributed by atoms with van der Waals surface area (Å²) in [5.74, 6) is 3.18. The Hall–Kier alpha value is -2.75. The van der Waals surface area contributed by atoms with Gasteiger partial charge in [0.25, 0.3) is 0 Å². The average molecular weight is 477 g/mol. The van der Waals surface area contributed by atoms with Gasteiger partial charge in [-0.25, -0.2) is 0 Å². The van der Waals surface area contributed by atoms with Crippen LogP contribution in [0.3, 0.4) is 0 Å². The molecule has 4 rings (SSSR count). The van der Waals surface area contributed by atoms with E-state index in [4.69, 9.17) is 9.47 Å². The maximum Gasteiger partial charge on any atom is 0.173 e. The lowest BCUT2D eigenvalue weighted by molar-refractivity contribution is -0.0618. The van der Waals surface area contributed by atoms with E-state index in [2.05, 4.69) is 33.8 Å². The number of phenolic OH excluding ortho intramolecular Hbond substituents is 1. The zero-order valence-corrected chi connectivity index (χ0v) is 22.0. The number of hydrogen-bond donors (Lipinski definition) is 1. The molecule has 188 valence electrons. The third kappa shape index (κ3) is 5.12. The highest BCUT2D eigenvalue weighted by atomic mass is 16.5. The molecule has 0 heterocycles. The Bertz CT molecular complexity index is 1080. The number of ketones is 1. The third-order valence-electron chi connectivity index (χ3n) is 8.50. The summed E-state index contributed by atoms with van der Waals surface area (Å²) in [5, 5.41) is 10.8. The molecule has 0 saturated heterocycles. The van der Waals surface area contributed by atoms with Crippen molar-refractivity contribution in [3.8, 4) is 17.2 Å². The SMILES string of the molecule is COc1ccc(C(C)C(=O)c2ccc(OC3(C)CCC(C(C)C)C4C=C(C)CCC43)cc2O)cc1. The van der Waals surface area contributed by atoms with Gasteiger partial charge in [0.2, 0.25) is 0 Å². The molecule has 2 aromatic carbocycles. The van der Waals surface area contributed by atoms with Gasteiger partial charge in [-0.3, -0.25) is 4.79 Å². The van der Waals surface area contributed by atoms with Crippen LogP contribution in [0.1, 0.15) is 82.1 Å². The Kier molecular flexibility index (Phi) is 7.30. The molecule has 35 heavy (non-hydrogen) atoms. The van der Waals surface area contributed by atoms with Crippen LogP contribution in [0.4, 0.5) is 0 Å². The Morgan fingerprint density at radius 3 is 2.37 bits per heavy atom. The quantitative estimate of drug-likeness (QED) is 0.331. The molecule has 4 heteroatoms. The number of phenols is 1. The van der Waals surface area contributed by atoms with Crippen molar-refractivity contribution in [2.75, 3.05) is 7.11 Å². The summed E-state index contributed by atoms with van der Waals surface area (Å²) in [5.41, 5.74) is 2.41. The van der Waals surface area contributed by atoms with Crippen LogP contribution in [0.15, 0.2) is 54.1 Å². The number of fused-ring (bicyclic) bond motifs is 1. The zero-order chi connectivity index (χ0) is 25.3. The van der Waals surface area contributed by atoms with Crippen LogP contribution in [0.25, 0.3) is 0 Å². The second-order valence-electron chi connectivity index (χ2n) is 11.1. The van der Waals surface area contributed by atoms with Crippen molar-refractivity contribution >= 4 is 5.78 Å². The predicted molar refractivity (Wildman–Crippen MR) is 140 cm³/mol. The number of ether oxygens (including phenoxy) is 2. The van der Waals surface area contributed by atoms with E-state index in [0.717, 1.165) is 37.0 Å². The molecule has 2 aliphatic rings. The number of carbonyl (C=O) groups excluding carboxylic acids is 1. The van der Waals surface area contributed by atoms with Gasteiger partial charge in [-0.15, -0.1) is 0 Å². The number of allylic oxidation sites excluding steroid dienone is 2. The number of Topliss-reactive ketones (excluding diaryl/α,β-unsaturated/α-hetero) is 1. The fraction of sp³-hybridized carbons (Fsp3) is 0.516. The molecule has 5 atom stereocenters. The second-order valence-corrected chi connectivity index (χ2v) is 11.1. The summed E-state index contributed by atoms with van der Waals surface area (Å²) in [6.45, 7) is 11.0. The largest absolute Gasteiger partial charge is 0.507 e. The number of rotatable bonds is 7. The molecular weight excluding hydrogens is 436 g/mol. The molecule has 5 unspecified atom stereocenters. The first-order valence-electron chi connectivity index (χ1n) is 13.0. The van der Waals surface area contributed by atoms with Crippen molar-refractivity contribution in [3.63, 3.8) is 0 Å². The molecule has 0 aromatic heterocycles. The van der Waals surface area contributed by atoms with Crippen molar-refractivity contribution in [2.24, 2.45) is 23.7 Å². The van der Waals surface area contributed by atoms with Gasteiger partial charge in [-0.1, -0.05) is 44.6 Å². The van der Waals surface area contributed by atoms with Crippen molar-refractivity contribution < 1.29 is 19.4 Å². The van der Waals surface area contributed by atoms with Gasteiger partial charge in [0.15, 0.2) is 5.78 Å². The molecule has 0 spiro atoms. The van der Waals surface area contributed by atoms with E-state index in [9.17, 15) is 9.90 Å². The van der Waals surface area contributed by atoms with Crippen LogP contribution >= 0.6 is 0 Å². The monoisotopic (exact) mass is 476 g/mol. The molecule has 1 saturated carbocycles. The minimum Gasteiger partial charge on any atom is -0.507 e. The molecule has 1 N–H and O–H groups in total. The first-order valence-corrected chi connectivity index (χ1v) is 13.0. The number of benzene rings is 2. The molecule has 4 nitrogen and oxygen atoms in total. The van der Waals surface area contributed by atoms with E-state index in [0.29, 0.717) is 35.0 Å². The van der Waals surface area contributed by atoms with E-state index >= 15 is 0 Å². The Morgan fingerprint density at radius 1 is 1.06 bits per heavy atom. The van der Waals surface area contributed by atoms with Gasteiger partial charge in [0, 0.05) is 17.9 Å². The zero-order valence-electron chi connectivity index (χ0n) is 22.0. The van der Waals surface area contributed by atoms with Gasteiger partial charge in [-0.2, -0.15) is 0 Å². The van der Waals surface area contributed by atoms with E-state index in [1.54, 1.807) is 19.2 Å². The summed E-state index contributed by atoms with van der Waals surface area (Å²) in [6.07, 6.45) is 6.89. The van der Waals surface area contributed by atoms with Gasteiger partial charge in [0.1, 0.15) is 22.8 Å². The van der Waals surface area contributed by atoms with Crippen LogP contribution in [0.5, 0.6) is 17.2 Å². The standard InChI is InChI=1S/C31H40O4/c1-19(2)25-15-16-31(5,28-14-7-20(3)17-27(25)28)35-24-12-13-26(29(32)18-24)30(33)21(4)22-8-10-23(34-6)11-9-22/h8-13,17-19,21,25,27-28,32H,7,14-16H2,1-6H3. The Labute approximate surface area is 210 Å². The number of hydrogen-bond acceptors (Lipinski definition) is 4. The predicted octanol–water partition coefficient (Wildman–Crippen LogP) is 7.56. The Balaban J connectivity index is 1.53. The summed E-state index contributed by atoms with van der Waals surface area (Å²) < 4.78 is 11.9. The van der Waals surface area contributed by atoms with Crippen molar-refractivity contribution in [2.45, 2.75) is 71.8 Å². The molecular formula is C31H40O4. The molecule has 0 radical (unpaired) electrons. The fourth-order valence-electron chi connectivity index (χ4n) is 6.30. The minimum atomic E-state index is -0.375. The van der Waals surface area contributed by atoms with E-state index in [-0.39, 0.29) is 23.1 Å². The smallest absolute Gasteiger partial charge is 0.173 e. The van der Waals surface area contributed by atoms with Crippen LogP contribution in [-0.2, 0) is 0 Å². The first kappa shape index (κ1) is 25.3. The molecule has 1 fully saturated rings. The third-order valence-corrected chi connectivity index (χ3v) is 8.50. The molecule has 2 aliphatic carbocycles. The first-order chi connectivity index (χ1) is 16.6. The normalized spacial score (nSPS) is 27.1. The maximum absolute atomic E-state index is 13.2. The molecule has 0 aliphatic heterocycles. The molecule has 0 bridgehead atoms. The highest BCUT2D eigenvalue weighted by molar-refractivity contribution is 6.03. The summed E-state index contributed by atoms with van der Waals surface area (Å²) >= 11 is 0. The lowest BCUT2D eigenvalue weighted by atomic mass is 9.58. The highest BCUT2D eigenvalue weighted by Gasteiger charge is 2.48. The van der Waals surface area contributed by atoms with Crippen molar-refractivity contribution in [1.82, 2.24) is 0 Å². The van der Waals surface area contributed by atoms with Crippen LogP contribution in [0, 0.1) is 23.7 Å². The highest BCUT2D eigenvalue weighted by Crippen LogP contribution is 2.51. The second kappa shape index (κ2) is 10.1. The van der Waals surface area contributed by atoms with Crippen LogP contribution < -0.4 is 9.47 Å². The van der Waals surface area contributed by atoms with Gasteiger partial charge in [0.05, 0.1) is 12.7 Å². The van der Waals surface area contributed by atoms with E-state index in [1.165, 1.54) is 5.57 Å². The Morgan fingerprint density at radius 2 is 1.74 bits per heavy atom. The minimum absolute atomic E-state index is 0.0248. The molecule has 2 aromatic rings. The van der Waals surface area contributed by atoms with Gasteiger partial charge in [-0.05, 0) is 87.1 Å². The number of aromatic hydroxyl groups is 1. The van der Waals surface area contributed by atoms with Crippen molar-refractivity contribution in [3.05, 3.63) is 65.2 Å². The number of carbonyl (C=O) groups is 1. The lowest BCUT2D eigenvalue weighted by Crippen LogP contribution is -2.51.